The van der Waals surface area contributed by atoms with Gasteiger partial charge in [0, 0.05) is 75.5 Å². The minimum absolute atomic E-state index is 0.0230. The van der Waals surface area contributed by atoms with Gasteiger partial charge >= 0.3 is 5.97 Å². The quantitative estimate of drug-likeness (QED) is 0.121. The first-order valence-electron chi connectivity index (χ1n) is 33.7. The number of hydrogen-bond donors (Lipinski definition) is 3. The molecule has 3 aromatic heterocycles. The van der Waals surface area contributed by atoms with E-state index in [0.717, 1.165) is 84.6 Å². The molecule has 476 valence electrons. The van der Waals surface area contributed by atoms with Crippen LogP contribution >= 0.6 is 0 Å². The summed E-state index contributed by atoms with van der Waals surface area (Å²) in [5.41, 5.74) is 9.01. The molecule has 10 aliphatic rings. The number of nitrogens with zero attached hydrogens (tertiary/aromatic N) is 10. The summed E-state index contributed by atoms with van der Waals surface area (Å²) in [7, 11) is 5.25. The molecule has 0 amide bonds. The summed E-state index contributed by atoms with van der Waals surface area (Å²) < 4.78 is 6.46. The zero-order valence-electron chi connectivity index (χ0n) is 52.7. The van der Waals surface area contributed by atoms with Crippen LogP contribution in [-0.4, -0.2) is 158 Å². The number of carbonyl (C=O) groups is 2. The van der Waals surface area contributed by atoms with Crippen molar-refractivity contribution < 1.29 is 24.3 Å². The Morgan fingerprint density at radius 3 is 1.28 bits per heavy atom. The highest BCUT2D eigenvalue weighted by Gasteiger charge is 2.52. The van der Waals surface area contributed by atoms with Gasteiger partial charge in [-0.05, 0) is 171 Å². The SMILES string of the molecule is CC(=O)C1(N(C)C)CN(c2nc3ccccc3n(C3C[C@H]4CCC[C@@H](C3)N4C3C[C@H]4CCCC[C@@H](C3)C4)c2=O)C1.CO.NC1(C(=O)O)CN(c2nc3ccccc3n(C3C[C@H]4CCC[C@@H](C3)N4C3C[C@H]4CCCC[C@@H](C3)C4)c2=O)C1.[BH3-][n+]1ccccc1C. The minimum Gasteiger partial charge on any atom is -0.480 e. The fourth-order valence-electron chi connectivity index (χ4n) is 19.0. The molecule has 12 atom stereocenters. The summed E-state index contributed by atoms with van der Waals surface area (Å²) in [5, 5.41) is 16.5. The summed E-state index contributed by atoms with van der Waals surface area (Å²) >= 11 is 0. The van der Waals surface area contributed by atoms with Crippen LogP contribution in [0.3, 0.4) is 0 Å². The van der Waals surface area contributed by atoms with E-state index < -0.39 is 17.0 Å². The van der Waals surface area contributed by atoms with Crippen LogP contribution in [0.25, 0.3) is 22.1 Å². The third-order valence-electron chi connectivity index (χ3n) is 23.0. The van der Waals surface area contributed by atoms with Crippen LogP contribution in [0.2, 0.25) is 0 Å². The summed E-state index contributed by atoms with van der Waals surface area (Å²) in [6.07, 6.45) is 33.7. The fraction of sp³-hybridized carbons (Fsp3) is 0.671. The van der Waals surface area contributed by atoms with Crippen molar-refractivity contribution in [2.45, 2.75) is 227 Å². The number of aliphatic hydroxyl groups is 1. The van der Waals surface area contributed by atoms with Crippen molar-refractivity contribution in [2.24, 2.45) is 29.4 Å². The van der Waals surface area contributed by atoms with Crippen LogP contribution in [0.4, 0.5) is 11.6 Å². The first kappa shape index (κ1) is 62.7. The molecule has 6 saturated heterocycles. The lowest BCUT2D eigenvalue weighted by Crippen LogP contribution is -2.73. The monoisotopic (exact) mass is 1200 g/mol. The molecule has 10 fully saturated rings. The second-order valence-corrected chi connectivity index (χ2v) is 28.7. The van der Waals surface area contributed by atoms with Gasteiger partial charge in [-0.25, -0.2) is 9.97 Å². The van der Waals surface area contributed by atoms with Crippen LogP contribution in [0.15, 0.2) is 82.5 Å². The molecule has 4 saturated carbocycles. The Kier molecular flexibility index (Phi) is 18.8. The number of aliphatic carboxylic acids is 1. The molecule has 2 aromatic carbocycles. The number of Topliss-reactive ketones (excluding diaryl/α,β-unsaturated/α-hetero) is 1. The van der Waals surface area contributed by atoms with Gasteiger partial charge in [0.25, 0.3) is 11.1 Å². The van der Waals surface area contributed by atoms with Gasteiger partial charge in [-0.15, -0.1) is 0 Å². The highest BCUT2D eigenvalue weighted by atomic mass is 16.4. The van der Waals surface area contributed by atoms with Crippen molar-refractivity contribution in [3.05, 3.63) is 99.3 Å². The minimum atomic E-state index is -1.32. The van der Waals surface area contributed by atoms with Gasteiger partial charge in [0.05, 0.1) is 35.2 Å². The number of fused-ring (bicyclic) bond motifs is 10. The van der Waals surface area contributed by atoms with Crippen molar-refractivity contribution >= 4 is 53.4 Å². The Morgan fingerprint density at radius 2 is 0.932 bits per heavy atom. The number of aliphatic hydroxyl groups excluding tert-OH is 1. The predicted octanol–water partition coefficient (Wildman–Crippen LogP) is 7.96. The first-order chi connectivity index (χ1) is 42.5. The Balaban J connectivity index is 0.000000148. The lowest BCUT2D eigenvalue weighted by Gasteiger charge is -2.55. The molecule has 15 rings (SSSR count). The normalized spacial score (nSPS) is 31.4. The zero-order chi connectivity index (χ0) is 61.6. The average molecular weight is 1200 g/mol. The summed E-state index contributed by atoms with van der Waals surface area (Å²) in [5.74, 6) is 3.66. The molecule has 0 radical (unpaired) electrons. The largest absolute Gasteiger partial charge is 0.480 e. The van der Waals surface area contributed by atoms with E-state index in [2.05, 4.69) is 56.2 Å². The maximum Gasteiger partial charge on any atom is 0.327 e. The van der Waals surface area contributed by atoms with E-state index in [9.17, 15) is 24.3 Å². The number of aryl methyl sites for hydroxylation is 1. The Labute approximate surface area is 522 Å². The molecule has 0 spiro atoms. The van der Waals surface area contributed by atoms with E-state index in [4.69, 9.17) is 20.8 Å². The number of pyridine rings is 1. The molecule has 17 nitrogen and oxygen atoms in total. The standard InChI is InChI=1S/C33H47N5O2.C30H41N5O3.C6H10BN.CH4O/c1-22(39)33(35(2)3)20-36(21-33)31-32(40)38(30-14-7-6-13-29(30)34-31)28-18-25-11-8-12-26(19-28)37(25)27-16-23-9-4-5-10-24(15-23)17-27;31-30(29(37)38)17-33(18-30)27-28(36)35(26-11-4-3-10-25(26)32-27)24-15-21-8-5-9-22(16-24)34(21)23-13-19-6-1-2-7-20(12-19)14-23;1-6-4-2-3-5-8(6)7;1-2/h6-7,13-14,23-28H,4-5,8-12,15-21H2,1-3H3;3-4,10-11,19-24H,1-2,5-9,12-18,31H2,(H,37,38);2-5H,1,7H3;2H,1H3/t23-,24+,25-,26+,27?,28?;19-,20+,21-,22+,23?,24?;;. The highest BCUT2D eigenvalue weighted by Crippen LogP contribution is 2.49. The molecule has 18 heteroatoms. The maximum absolute atomic E-state index is 14.3. The van der Waals surface area contributed by atoms with Gasteiger partial charge in [0.2, 0.25) is 7.98 Å². The van der Waals surface area contributed by atoms with Crippen LogP contribution in [0, 0.1) is 30.6 Å². The van der Waals surface area contributed by atoms with Crippen LogP contribution in [0.1, 0.15) is 179 Å². The van der Waals surface area contributed by atoms with Gasteiger partial charge in [-0.1, -0.05) is 94.5 Å². The lowest BCUT2D eigenvalue weighted by atomic mass is 9.73. The number of carboxylic acids is 1. The molecular weight excluding hydrogens is 1100 g/mol. The van der Waals surface area contributed by atoms with Crippen molar-refractivity contribution in [1.29, 1.82) is 0 Å². The number of ketones is 1. The van der Waals surface area contributed by atoms with Gasteiger partial charge in [-0.3, -0.25) is 33.9 Å². The van der Waals surface area contributed by atoms with Crippen molar-refractivity contribution in [3.63, 3.8) is 0 Å². The Hall–Kier alpha value is -5.53. The van der Waals surface area contributed by atoms with Crippen molar-refractivity contribution in [1.82, 2.24) is 33.8 Å². The van der Waals surface area contributed by atoms with Crippen LogP contribution in [0.5, 0.6) is 0 Å². The third kappa shape index (κ3) is 12.3. The smallest absolute Gasteiger partial charge is 0.327 e. The summed E-state index contributed by atoms with van der Waals surface area (Å²) in [4.78, 5) is 73.8. The molecule has 8 bridgehead atoms. The van der Waals surface area contributed by atoms with Gasteiger partial charge in [0.1, 0.15) is 23.0 Å². The lowest BCUT2D eigenvalue weighted by molar-refractivity contribution is -0.529. The number of nitrogens with two attached hydrogens (primary N) is 1. The van der Waals surface area contributed by atoms with Crippen molar-refractivity contribution in [2.75, 3.05) is 57.2 Å². The Bertz CT molecular complexity index is 3340. The van der Waals surface area contributed by atoms with E-state index in [1.54, 1.807) is 11.8 Å². The van der Waals surface area contributed by atoms with E-state index in [0.29, 0.717) is 62.9 Å². The molecule has 88 heavy (non-hydrogen) atoms. The summed E-state index contributed by atoms with van der Waals surface area (Å²) in [6.45, 7) is 5.06. The number of piperidine rings is 4. The number of hydrogen-bond acceptors (Lipinski definition) is 13. The summed E-state index contributed by atoms with van der Waals surface area (Å²) in [6, 6.07) is 26.4. The fourth-order valence-corrected chi connectivity index (χ4v) is 19.0. The predicted molar refractivity (Wildman–Crippen MR) is 352 cm³/mol. The molecule has 4 aliphatic carbocycles. The third-order valence-corrected chi connectivity index (χ3v) is 23.0. The number of carbonyl (C=O) groups excluding carboxylic acids is 1. The van der Waals surface area contributed by atoms with Crippen LogP contribution < -0.4 is 31.1 Å². The molecule has 4 N–H and O–H groups in total. The zero-order valence-corrected chi connectivity index (χ0v) is 52.7. The van der Waals surface area contributed by atoms with Gasteiger partial charge in [0.15, 0.2) is 17.4 Å². The number of aromatic nitrogens is 5. The Morgan fingerprint density at radius 1 is 0.545 bits per heavy atom. The second-order valence-electron chi connectivity index (χ2n) is 28.7. The number of para-hydroxylation sites is 4. The van der Waals surface area contributed by atoms with E-state index in [-0.39, 0.29) is 42.1 Å². The number of likely N-dealkylation sites (N-methyl/N-ethyl adjacent to an activating group) is 1. The number of benzene rings is 2. The first-order valence-corrected chi connectivity index (χ1v) is 33.7. The van der Waals surface area contributed by atoms with E-state index in [1.165, 1.54) is 134 Å². The average Bonchev–Trinajstić information content (AvgIpc) is 0.811. The maximum atomic E-state index is 14.3. The van der Waals surface area contributed by atoms with Gasteiger partial charge < -0.3 is 39.4 Å². The number of anilines is 2. The number of rotatable bonds is 9. The van der Waals surface area contributed by atoms with E-state index >= 15 is 0 Å². The molecule has 4 unspecified atom stereocenters. The molecular formula is C70H102BN11O6. The van der Waals surface area contributed by atoms with E-state index in [1.807, 2.05) is 70.9 Å². The topological polar surface area (TPSA) is 190 Å². The second kappa shape index (κ2) is 26.4. The van der Waals surface area contributed by atoms with Crippen LogP contribution in [-0.2, 0) is 9.59 Å². The highest BCUT2D eigenvalue weighted by molar-refractivity contribution is 5.94. The number of carboxylic acid groups (broad SMARTS) is 1. The van der Waals surface area contributed by atoms with Gasteiger partial charge in [-0.2, -0.15) is 0 Å². The molecule has 6 aliphatic heterocycles. The molecule has 9 heterocycles. The van der Waals surface area contributed by atoms with Crippen molar-refractivity contribution in [3.8, 4) is 0 Å². The molecule has 5 aromatic rings.